The van der Waals surface area contributed by atoms with Gasteiger partial charge in [-0.1, -0.05) is 42.5 Å². The fourth-order valence-corrected chi connectivity index (χ4v) is 4.13. The van der Waals surface area contributed by atoms with E-state index in [4.69, 9.17) is 4.74 Å². The molecule has 0 aliphatic carbocycles. The Morgan fingerprint density at radius 3 is 2.61 bits per heavy atom. The number of carbonyl (C=O) groups is 1. The maximum Gasteiger partial charge on any atom is 0.220 e. The second-order valence-corrected chi connectivity index (χ2v) is 7.63. The largest absolute Gasteiger partial charge is 0.496 e. The van der Waals surface area contributed by atoms with Crippen molar-refractivity contribution in [3.05, 3.63) is 95.9 Å². The Bertz CT molecular complexity index is 1170. The van der Waals surface area contributed by atoms with Crippen LogP contribution in [0.4, 0.5) is 0 Å². The first kappa shape index (κ1) is 20.7. The van der Waals surface area contributed by atoms with Gasteiger partial charge in [0.15, 0.2) is 0 Å². The maximum atomic E-state index is 13.0. The van der Waals surface area contributed by atoms with Crippen LogP contribution in [-0.4, -0.2) is 29.1 Å². The number of nitrogens with zero attached hydrogens (tertiary/aromatic N) is 2. The molecule has 2 aromatic carbocycles. The van der Waals surface area contributed by atoms with Crippen molar-refractivity contribution >= 4 is 16.8 Å². The van der Waals surface area contributed by atoms with Crippen molar-refractivity contribution in [2.24, 2.45) is 7.05 Å². The quantitative estimate of drug-likeness (QED) is 0.464. The Morgan fingerprint density at radius 2 is 1.81 bits per heavy atom. The molecule has 1 amide bonds. The molecular weight excluding hydrogens is 386 g/mol. The van der Waals surface area contributed by atoms with Gasteiger partial charge >= 0.3 is 0 Å². The number of amides is 1. The molecule has 5 heteroatoms. The van der Waals surface area contributed by atoms with Crippen LogP contribution in [0.5, 0.6) is 5.75 Å². The van der Waals surface area contributed by atoms with Crippen LogP contribution < -0.4 is 10.1 Å². The van der Waals surface area contributed by atoms with Crippen molar-refractivity contribution in [2.45, 2.75) is 18.8 Å². The summed E-state index contributed by atoms with van der Waals surface area (Å²) in [4.78, 5) is 17.3. The monoisotopic (exact) mass is 413 g/mol. The molecular formula is C26H27N3O2. The first-order valence-electron chi connectivity index (χ1n) is 10.5. The number of benzene rings is 2. The molecule has 5 nitrogen and oxygen atoms in total. The van der Waals surface area contributed by atoms with E-state index in [1.54, 1.807) is 13.3 Å². The summed E-state index contributed by atoms with van der Waals surface area (Å²) in [6.45, 7) is 0.560. The van der Waals surface area contributed by atoms with Crippen LogP contribution in [0.2, 0.25) is 0 Å². The maximum absolute atomic E-state index is 13.0. The smallest absolute Gasteiger partial charge is 0.220 e. The topological polar surface area (TPSA) is 56.1 Å². The van der Waals surface area contributed by atoms with E-state index in [0.717, 1.165) is 33.5 Å². The minimum atomic E-state index is -0.114. The van der Waals surface area contributed by atoms with Crippen LogP contribution in [0.3, 0.4) is 0 Å². The number of pyridine rings is 1. The second-order valence-electron chi connectivity index (χ2n) is 7.63. The normalized spacial score (nSPS) is 11.9. The number of hydrogen-bond acceptors (Lipinski definition) is 3. The number of carbonyl (C=O) groups excluding carboxylic acids is 1. The summed E-state index contributed by atoms with van der Waals surface area (Å²) < 4.78 is 7.76. The molecule has 2 aromatic heterocycles. The first-order valence-corrected chi connectivity index (χ1v) is 10.5. The molecule has 0 fully saturated rings. The van der Waals surface area contributed by atoms with Crippen LogP contribution in [-0.2, 0) is 18.3 Å². The van der Waals surface area contributed by atoms with Crippen molar-refractivity contribution in [1.29, 1.82) is 0 Å². The number of fused-ring (bicyclic) bond motifs is 1. The molecule has 0 spiro atoms. The minimum Gasteiger partial charge on any atom is -0.496 e. The summed E-state index contributed by atoms with van der Waals surface area (Å²) in [5.74, 6) is 0.693. The third-order valence-electron chi connectivity index (χ3n) is 5.64. The van der Waals surface area contributed by atoms with Crippen LogP contribution in [0.1, 0.15) is 29.2 Å². The SMILES string of the molecule is COc1ccccc1[C@@H](CC(=O)NCCc1ccccn1)c1cn(C)c2ccccc12. The molecule has 0 aliphatic rings. The molecule has 4 rings (SSSR count). The molecule has 0 saturated heterocycles. The first-order chi connectivity index (χ1) is 15.2. The summed E-state index contributed by atoms with van der Waals surface area (Å²) in [7, 11) is 3.71. The van der Waals surface area contributed by atoms with Gasteiger partial charge in [-0.05, 0) is 29.8 Å². The van der Waals surface area contributed by atoms with E-state index in [1.165, 1.54) is 0 Å². The van der Waals surface area contributed by atoms with E-state index in [0.29, 0.717) is 19.4 Å². The van der Waals surface area contributed by atoms with Gasteiger partial charge in [0.25, 0.3) is 0 Å². The molecule has 1 atom stereocenters. The van der Waals surface area contributed by atoms with E-state index in [2.05, 4.69) is 33.2 Å². The molecule has 2 heterocycles. The summed E-state index contributed by atoms with van der Waals surface area (Å²) in [5.41, 5.74) is 4.26. The number of para-hydroxylation sites is 2. The van der Waals surface area contributed by atoms with Crippen molar-refractivity contribution in [2.75, 3.05) is 13.7 Å². The van der Waals surface area contributed by atoms with E-state index in [9.17, 15) is 4.79 Å². The summed E-state index contributed by atoms with van der Waals surface area (Å²) in [6, 6.07) is 22.1. The van der Waals surface area contributed by atoms with Gasteiger partial charge in [-0.15, -0.1) is 0 Å². The molecule has 31 heavy (non-hydrogen) atoms. The lowest BCUT2D eigenvalue weighted by atomic mass is 9.87. The highest BCUT2D eigenvalue weighted by Crippen LogP contribution is 2.38. The zero-order valence-electron chi connectivity index (χ0n) is 17.9. The molecule has 0 radical (unpaired) electrons. The predicted octanol–water partition coefficient (Wildman–Crippen LogP) is 4.46. The van der Waals surface area contributed by atoms with Crippen LogP contribution in [0, 0.1) is 0 Å². The highest BCUT2D eigenvalue weighted by molar-refractivity contribution is 5.86. The number of ether oxygens (including phenoxy) is 1. The van der Waals surface area contributed by atoms with E-state index in [-0.39, 0.29) is 11.8 Å². The van der Waals surface area contributed by atoms with Crippen molar-refractivity contribution in [3.8, 4) is 5.75 Å². The number of rotatable bonds is 8. The minimum absolute atomic E-state index is 0.0137. The van der Waals surface area contributed by atoms with E-state index >= 15 is 0 Å². The lowest BCUT2D eigenvalue weighted by Gasteiger charge is -2.20. The number of nitrogens with one attached hydrogen (secondary N) is 1. The highest BCUT2D eigenvalue weighted by atomic mass is 16.5. The van der Waals surface area contributed by atoms with Gasteiger partial charge in [0.1, 0.15) is 5.75 Å². The zero-order valence-corrected chi connectivity index (χ0v) is 17.9. The Balaban J connectivity index is 1.61. The van der Waals surface area contributed by atoms with Crippen molar-refractivity contribution in [1.82, 2.24) is 14.9 Å². The Kier molecular flexibility index (Phi) is 6.32. The van der Waals surface area contributed by atoms with Crippen molar-refractivity contribution in [3.63, 3.8) is 0 Å². The number of methoxy groups -OCH3 is 1. The third kappa shape index (κ3) is 4.61. The molecule has 0 saturated carbocycles. The summed E-state index contributed by atoms with van der Waals surface area (Å²) >= 11 is 0. The van der Waals surface area contributed by atoms with Gasteiger partial charge < -0.3 is 14.6 Å². The highest BCUT2D eigenvalue weighted by Gasteiger charge is 2.24. The zero-order chi connectivity index (χ0) is 21.6. The fraction of sp³-hybridized carbons (Fsp3) is 0.231. The lowest BCUT2D eigenvalue weighted by molar-refractivity contribution is -0.121. The van der Waals surface area contributed by atoms with Gasteiger partial charge in [-0.25, -0.2) is 0 Å². The van der Waals surface area contributed by atoms with Crippen LogP contribution in [0.15, 0.2) is 79.1 Å². The molecule has 0 unspecified atom stereocenters. The summed E-state index contributed by atoms with van der Waals surface area (Å²) in [5, 5.41) is 4.22. The predicted molar refractivity (Wildman–Crippen MR) is 123 cm³/mol. The lowest BCUT2D eigenvalue weighted by Crippen LogP contribution is -2.27. The summed E-state index contributed by atoms with van der Waals surface area (Å²) in [6.07, 6.45) is 4.95. The van der Waals surface area contributed by atoms with E-state index in [1.807, 2.05) is 61.6 Å². The molecule has 0 bridgehead atoms. The van der Waals surface area contributed by atoms with Gasteiger partial charge in [-0.3, -0.25) is 9.78 Å². The Labute approximate surface area is 182 Å². The van der Waals surface area contributed by atoms with Gasteiger partial charge in [0.05, 0.1) is 7.11 Å². The number of aryl methyl sites for hydroxylation is 1. The third-order valence-corrected chi connectivity index (χ3v) is 5.64. The molecule has 0 aliphatic heterocycles. The van der Waals surface area contributed by atoms with Crippen LogP contribution >= 0.6 is 0 Å². The van der Waals surface area contributed by atoms with Crippen LogP contribution in [0.25, 0.3) is 10.9 Å². The van der Waals surface area contributed by atoms with E-state index < -0.39 is 0 Å². The second kappa shape index (κ2) is 9.47. The van der Waals surface area contributed by atoms with Gasteiger partial charge in [-0.2, -0.15) is 0 Å². The van der Waals surface area contributed by atoms with Gasteiger partial charge in [0, 0.05) is 66.9 Å². The standard InChI is InChI=1S/C26H27N3O2/c1-29-18-23(20-10-3-5-12-24(20)29)22(21-11-4-6-13-25(21)31-2)17-26(30)28-16-14-19-9-7-8-15-27-19/h3-13,15,18,22H,14,16-17H2,1-2H3,(H,28,30)/t22-/m1/s1. The van der Waals surface area contributed by atoms with Gasteiger partial charge in [0.2, 0.25) is 5.91 Å². The Morgan fingerprint density at radius 1 is 1.03 bits per heavy atom. The number of hydrogen-bond donors (Lipinski definition) is 1. The van der Waals surface area contributed by atoms with Crippen molar-refractivity contribution < 1.29 is 9.53 Å². The average molecular weight is 414 g/mol. The molecule has 1 N–H and O–H groups in total. The average Bonchev–Trinajstić information content (AvgIpc) is 3.15. The fourth-order valence-electron chi connectivity index (χ4n) is 4.13. The molecule has 158 valence electrons. The molecule has 4 aromatic rings. The number of aromatic nitrogens is 2. The Hall–Kier alpha value is -3.60.